The minimum Gasteiger partial charge on any atom is -0.494 e. The summed E-state index contributed by atoms with van der Waals surface area (Å²) in [6.45, 7) is 0.571. The van der Waals surface area contributed by atoms with Crippen LogP contribution in [0.2, 0.25) is 5.02 Å². The van der Waals surface area contributed by atoms with Gasteiger partial charge in [-0.15, -0.1) is 0 Å². The largest absolute Gasteiger partial charge is 0.494 e. The number of nitrogens with one attached hydrogen (secondary N) is 2. The predicted molar refractivity (Wildman–Crippen MR) is 134 cm³/mol. The second-order valence-electron chi connectivity index (χ2n) is 7.31. The first kappa shape index (κ1) is 22.7. The number of sulfonamides is 1. The summed E-state index contributed by atoms with van der Waals surface area (Å²) < 4.78 is 34.3. The number of rotatable bonds is 9. The van der Waals surface area contributed by atoms with Gasteiger partial charge in [0.1, 0.15) is 5.75 Å². The molecule has 166 valence electrons. The molecule has 0 atom stereocenters. The van der Waals surface area contributed by atoms with Gasteiger partial charge in [-0.3, -0.25) is 4.72 Å². The number of aromatic nitrogens is 1. The normalized spacial score (nSPS) is 11.6. The fraction of sp³-hybridized carbons (Fsp3) is 0.167. The third-order valence-electron chi connectivity index (χ3n) is 5.05. The van der Waals surface area contributed by atoms with Crippen molar-refractivity contribution in [3.63, 3.8) is 0 Å². The number of ether oxygens (including phenoxy) is 1. The molecule has 2 N–H and O–H groups in total. The molecule has 0 bridgehead atoms. The molecule has 0 amide bonds. The van der Waals surface area contributed by atoms with Crippen molar-refractivity contribution in [1.29, 1.82) is 0 Å². The lowest BCUT2D eigenvalue weighted by atomic mass is 10.0. The molecule has 0 radical (unpaired) electrons. The summed E-state index contributed by atoms with van der Waals surface area (Å²) in [5, 5.41) is 2.53. The molecule has 0 fully saturated rings. The Hall–Kier alpha value is -2.48. The van der Waals surface area contributed by atoms with E-state index in [4.69, 9.17) is 16.3 Å². The fourth-order valence-corrected chi connectivity index (χ4v) is 4.94. The van der Waals surface area contributed by atoms with E-state index in [0.29, 0.717) is 29.5 Å². The Labute approximate surface area is 200 Å². The molecule has 0 aliphatic carbocycles. The second-order valence-corrected chi connectivity index (χ2v) is 10.2. The molecule has 32 heavy (non-hydrogen) atoms. The first-order valence-electron chi connectivity index (χ1n) is 10.1. The minimum absolute atomic E-state index is 0.180. The van der Waals surface area contributed by atoms with E-state index in [9.17, 15) is 8.42 Å². The van der Waals surface area contributed by atoms with Crippen LogP contribution in [0.5, 0.6) is 5.75 Å². The SMILES string of the molecule is O=S(=O)(Nc1ccccc1Cc1c[nH]c2ccc(Cl)cc12)c1ccc(OCCCBr)cc1. The van der Waals surface area contributed by atoms with E-state index in [2.05, 4.69) is 25.6 Å². The monoisotopic (exact) mass is 532 g/mol. The molecule has 5 nitrogen and oxygen atoms in total. The van der Waals surface area contributed by atoms with Crippen LogP contribution in [0.15, 0.2) is 77.8 Å². The van der Waals surface area contributed by atoms with Crippen molar-refractivity contribution in [2.45, 2.75) is 17.7 Å². The smallest absolute Gasteiger partial charge is 0.261 e. The fourth-order valence-electron chi connectivity index (χ4n) is 3.44. The van der Waals surface area contributed by atoms with Gasteiger partial charge in [0, 0.05) is 33.9 Å². The van der Waals surface area contributed by atoms with Crippen LogP contribution >= 0.6 is 27.5 Å². The third-order valence-corrected chi connectivity index (χ3v) is 7.23. The maximum atomic E-state index is 13.0. The van der Waals surface area contributed by atoms with E-state index in [0.717, 1.165) is 33.8 Å². The van der Waals surface area contributed by atoms with E-state index in [-0.39, 0.29) is 4.90 Å². The lowest BCUT2D eigenvalue weighted by Crippen LogP contribution is -2.14. The zero-order valence-electron chi connectivity index (χ0n) is 17.1. The van der Waals surface area contributed by atoms with Crippen LogP contribution in [-0.4, -0.2) is 25.3 Å². The van der Waals surface area contributed by atoms with Crippen LogP contribution in [0.4, 0.5) is 5.69 Å². The molecule has 0 saturated heterocycles. The van der Waals surface area contributed by atoms with Crippen LogP contribution in [0.25, 0.3) is 10.9 Å². The highest BCUT2D eigenvalue weighted by atomic mass is 79.9. The Kier molecular flexibility index (Phi) is 7.08. The molecule has 1 heterocycles. The Balaban J connectivity index is 1.55. The Morgan fingerprint density at radius 2 is 1.78 bits per heavy atom. The van der Waals surface area contributed by atoms with Gasteiger partial charge in [0.2, 0.25) is 0 Å². The van der Waals surface area contributed by atoms with Crippen LogP contribution in [0.1, 0.15) is 17.5 Å². The van der Waals surface area contributed by atoms with Gasteiger partial charge in [-0.1, -0.05) is 45.7 Å². The van der Waals surface area contributed by atoms with Crippen LogP contribution in [-0.2, 0) is 16.4 Å². The van der Waals surface area contributed by atoms with Gasteiger partial charge in [0.05, 0.1) is 17.2 Å². The van der Waals surface area contributed by atoms with Gasteiger partial charge in [-0.2, -0.15) is 0 Å². The molecule has 4 rings (SSSR count). The second kappa shape index (κ2) is 9.98. The van der Waals surface area contributed by atoms with Crippen molar-refractivity contribution in [2.75, 3.05) is 16.7 Å². The Bertz CT molecular complexity index is 1320. The number of para-hydroxylation sites is 1. The van der Waals surface area contributed by atoms with Crippen LogP contribution in [0, 0.1) is 0 Å². The van der Waals surface area contributed by atoms with E-state index in [1.54, 1.807) is 30.3 Å². The van der Waals surface area contributed by atoms with Gasteiger partial charge < -0.3 is 9.72 Å². The van der Waals surface area contributed by atoms with Gasteiger partial charge in [0.25, 0.3) is 10.0 Å². The highest BCUT2D eigenvalue weighted by molar-refractivity contribution is 9.09. The lowest BCUT2D eigenvalue weighted by molar-refractivity contribution is 0.319. The van der Waals surface area contributed by atoms with Gasteiger partial charge in [-0.05, 0) is 66.1 Å². The number of fused-ring (bicyclic) bond motifs is 1. The summed E-state index contributed by atoms with van der Waals surface area (Å²) in [6.07, 6.45) is 3.36. The van der Waals surface area contributed by atoms with E-state index in [1.807, 2.05) is 42.6 Å². The molecule has 0 unspecified atom stereocenters. The third kappa shape index (κ3) is 5.28. The minimum atomic E-state index is -3.75. The molecular weight excluding hydrogens is 512 g/mol. The lowest BCUT2D eigenvalue weighted by Gasteiger charge is -2.13. The van der Waals surface area contributed by atoms with E-state index in [1.165, 1.54) is 0 Å². The molecule has 4 aromatic rings. The van der Waals surface area contributed by atoms with Crippen molar-refractivity contribution >= 4 is 54.1 Å². The summed E-state index contributed by atoms with van der Waals surface area (Å²) >= 11 is 9.52. The number of hydrogen-bond donors (Lipinski definition) is 2. The standard InChI is InChI=1S/C24H22BrClN2O3S/c25-12-3-13-31-20-7-9-21(10-8-20)32(29,30)28-23-5-2-1-4-17(23)14-18-16-27-24-11-6-19(26)15-22(18)24/h1-2,4-11,15-16,27-28H,3,12-14H2. The van der Waals surface area contributed by atoms with Crippen LogP contribution in [0.3, 0.4) is 0 Å². The van der Waals surface area contributed by atoms with Crippen molar-refractivity contribution in [3.05, 3.63) is 89.1 Å². The first-order chi connectivity index (χ1) is 15.5. The van der Waals surface area contributed by atoms with Crippen molar-refractivity contribution in [3.8, 4) is 5.75 Å². The number of anilines is 1. The number of halogens is 2. The van der Waals surface area contributed by atoms with E-state index >= 15 is 0 Å². The highest BCUT2D eigenvalue weighted by Gasteiger charge is 2.17. The number of hydrogen-bond acceptors (Lipinski definition) is 3. The van der Waals surface area contributed by atoms with Gasteiger partial charge in [-0.25, -0.2) is 8.42 Å². The first-order valence-corrected chi connectivity index (χ1v) is 13.1. The summed E-state index contributed by atoms with van der Waals surface area (Å²) in [6, 6.07) is 19.5. The Morgan fingerprint density at radius 3 is 2.56 bits per heavy atom. The van der Waals surface area contributed by atoms with Gasteiger partial charge in [0.15, 0.2) is 0 Å². The van der Waals surface area contributed by atoms with E-state index < -0.39 is 10.0 Å². The number of benzene rings is 3. The van der Waals surface area contributed by atoms with Crippen molar-refractivity contribution in [2.24, 2.45) is 0 Å². The van der Waals surface area contributed by atoms with Crippen molar-refractivity contribution < 1.29 is 13.2 Å². The number of aromatic amines is 1. The molecule has 3 aromatic carbocycles. The van der Waals surface area contributed by atoms with Gasteiger partial charge >= 0.3 is 0 Å². The topological polar surface area (TPSA) is 71.2 Å². The maximum absolute atomic E-state index is 13.0. The molecule has 0 saturated carbocycles. The van der Waals surface area contributed by atoms with Crippen molar-refractivity contribution in [1.82, 2.24) is 4.98 Å². The molecular formula is C24H22BrClN2O3S. The molecule has 8 heteroatoms. The Morgan fingerprint density at radius 1 is 1.00 bits per heavy atom. The quantitative estimate of drug-likeness (QED) is 0.194. The average Bonchev–Trinajstić information content (AvgIpc) is 3.17. The summed E-state index contributed by atoms with van der Waals surface area (Å²) in [7, 11) is -3.75. The molecule has 1 aromatic heterocycles. The molecule has 0 spiro atoms. The summed E-state index contributed by atoms with van der Waals surface area (Å²) in [5.74, 6) is 0.642. The maximum Gasteiger partial charge on any atom is 0.261 e. The molecule has 0 aliphatic rings. The highest BCUT2D eigenvalue weighted by Crippen LogP contribution is 2.28. The number of alkyl halides is 1. The van der Waals surface area contributed by atoms with Crippen LogP contribution < -0.4 is 9.46 Å². The zero-order valence-corrected chi connectivity index (χ0v) is 20.3. The zero-order chi connectivity index (χ0) is 22.6. The average molecular weight is 534 g/mol. The molecule has 0 aliphatic heterocycles. The summed E-state index contributed by atoms with van der Waals surface area (Å²) in [4.78, 5) is 3.42. The predicted octanol–water partition coefficient (Wildman–Crippen LogP) is 6.38. The summed E-state index contributed by atoms with van der Waals surface area (Å²) in [5.41, 5.74) is 3.44. The number of H-pyrrole nitrogens is 1.